The van der Waals surface area contributed by atoms with E-state index in [0.717, 1.165) is 11.3 Å². The van der Waals surface area contributed by atoms with Crippen LogP contribution in [-0.2, 0) is 0 Å². The van der Waals surface area contributed by atoms with Crippen LogP contribution in [-0.4, -0.2) is 19.6 Å². The number of rotatable bonds is 4. The Morgan fingerprint density at radius 2 is 2.00 bits per heavy atom. The molecule has 0 fully saturated rings. The van der Waals surface area contributed by atoms with Gasteiger partial charge in [-0.3, -0.25) is 4.79 Å². The monoisotopic (exact) mass is 284 g/mol. The standard InChI is InChI=1S/C17H20N2O2/c1-4-19(13-7-5-6-12(2)10-13)17(20)15-9-8-14(21-3)11-16(15)18/h5-11H,4,18H2,1-3H3. The predicted octanol–water partition coefficient (Wildman–Crippen LogP) is 3.25. The Labute approximate surface area is 125 Å². The van der Waals surface area contributed by atoms with Gasteiger partial charge in [0.2, 0.25) is 0 Å². The first-order valence-electron chi connectivity index (χ1n) is 6.89. The van der Waals surface area contributed by atoms with Gasteiger partial charge < -0.3 is 15.4 Å². The van der Waals surface area contributed by atoms with Gasteiger partial charge in [-0.15, -0.1) is 0 Å². The van der Waals surface area contributed by atoms with Crippen LogP contribution in [0.25, 0.3) is 0 Å². The van der Waals surface area contributed by atoms with Gasteiger partial charge in [-0.1, -0.05) is 12.1 Å². The van der Waals surface area contributed by atoms with E-state index in [4.69, 9.17) is 10.5 Å². The van der Waals surface area contributed by atoms with Crippen molar-refractivity contribution in [1.29, 1.82) is 0 Å². The zero-order chi connectivity index (χ0) is 15.4. The number of nitrogens with two attached hydrogens (primary N) is 1. The predicted molar refractivity (Wildman–Crippen MR) is 85.9 cm³/mol. The van der Waals surface area contributed by atoms with Gasteiger partial charge in [0.1, 0.15) is 5.75 Å². The van der Waals surface area contributed by atoms with Crippen LogP contribution in [0.3, 0.4) is 0 Å². The Bertz CT molecular complexity index is 653. The third-order valence-corrected chi connectivity index (χ3v) is 3.36. The molecule has 2 N–H and O–H groups in total. The molecule has 0 saturated heterocycles. The third-order valence-electron chi connectivity index (χ3n) is 3.36. The number of anilines is 2. The summed E-state index contributed by atoms with van der Waals surface area (Å²) in [4.78, 5) is 14.4. The maximum absolute atomic E-state index is 12.7. The summed E-state index contributed by atoms with van der Waals surface area (Å²) in [5.74, 6) is 0.533. The fourth-order valence-electron chi connectivity index (χ4n) is 2.25. The molecule has 21 heavy (non-hydrogen) atoms. The molecule has 0 saturated carbocycles. The minimum atomic E-state index is -0.108. The van der Waals surface area contributed by atoms with Gasteiger partial charge in [-0.05, 0) is 43.7 Å². The molecular weight excluding hydrogens is 264 g/mol. The van der Waals surface area contributed by atoms with E-state index in [1.165, 1.54) is 0 Å². The van der Waals surface area contributed by atoms with E-state index >= 15 is 0 Å². The highest BCUT2D eigenvalue weighted by atomic mass is 16.5. The summed E-state index contributed by atoms with van der Waals surface area (Å²) in [6.07, 6.45) is 0. The van der Waals surface area contributed by atoms with Gasteiger partial charge in [0.05, 0.1) is 12.7 Å². The minimum absolute atomic E-state index is 0.108. The summed E-state index contributed by atoms with van der Waals surface area (Å²) in [6, 6.07) is 13.0. The van der Waals surface area contributed by atoms with Crippen LogP contribution in [0.2, 0.25) is 0 Å². The van der Waals surface area contributed by atoms with E-state index in [-0.39, 0.29) is 5.91 Å². The minimum Gasteiger partial charge on any atom is -0.497 e. The number of methoxy groups -OCH3 is 1. The number of benzene rings is 2. The van der Waals surface area contributed by atoms with Crippen molar-refractivity contribution in [2.75, 3.05) is 24.3 Å². The summed E-state index contributed by atoms with van der Waals surface area (Å²) in [5, 5.41) is 0. The van der Waals surface area contributed by atoms with Gasteiger partial charge in [0, 0.05) is 24.0 Å². The molecule has 0 unspecified atom stereocenters. The zero-order valence-corrected chi connectivity index (χ0v) is 12.6. The molecule has 0 atom stereocenters. The second kappa shape index (κ2) is 6.31. The van der Waals surface area contributed by atoms with E-state index in [0.29, 0.717) is 23.5 Å². The van der Waals surface area contributed by atoms with Crippen molar-refractivity contribution in [2.45, 2.75) is 13.8 Å². The largest absolute Gasteiger partial charge is 0.497 e. The van der Waals surface area contributed by atoms with Crippen molar-refractivity contribution in [2.24, 2.45) is 0 Å². The molecule has 2 aromatic rings. The van der Waals surface area contributed by atoms with Gasteiger partial charge in [-0.2, -0.15) is 0 Å². The molecule has 1 amide bonds. The van der Waals surface area contributed by atoms with Crippen LogP contribution >= 0.6 is 0 Å². The van der Waals surface area contributed by atoms with Crippen LogP contribution in [0.4, 0.5) is 11.4 Å². The Kier molecular flexibility index (Phi) is 4.48. The highest BCUT2D eigenvalue weighted by Gasteiger charge is 2.18. The fourth-order valence-corrected chi connectivity index (χ4v) is 2.25. The lowest BCUT2D eigenvalue weighted by atomic mass is 10.1. The fraction of sp³-hybridized carbons (Fsp3) is 0.235. The number of amides is 1. The molecule has 0 aliphatic rings. The Balaban J connectivity index is 2.37. The third kappa shape index (κ3) is 3.16. The van der Waals surface area contributed by atoms with E-state index < -0.39 is 0 Å². The lowest BCUT2D eigenvalue weighted by molar-refractivity contribution is 0.0989. The lowest BCUT2D eigenvalue weighted by Crippen LogP contribution is -2.31. The first kappa shape index (κ1) is 14.9. The maximum atomic E-state index is 12.7. The summed E-state index contributed by atoms with van der Waals surface area (Å²) >= 11 is 0. The van der Waals surface area contributed by atoms with Crippen molar-refractivity contribution < 1.29 is 9.53 Å². The number of carbonyl (C=O) groups is 1. The molecule has 0 heterocycles. The van der Waals surface area contributed by atoms with Crippen molar-refractivity contribution >= 4 is 17.3 Å². The lowest BCUT2D eigenvalue weighted by Gasteiger charge is -2.22. The van der Waals surface area contributed by atoms with Gasteiger partial charge in [-0.25, -0.2) is 0 Å². The van der Waals surface area contributed by atoms with Crippen molar-refractivity contribution in [3.05, 3.63) is 53.6 Å². The van der Waals surface area contributed by atoms with Crippen molar-refractivity contribution in [3.8, 4) is 5.75 Å². The van der Waals surface area contributed by atoms with Crippen LogP contribution in [0, 0.1) is 6.92 Å². The van der Waals surface area contributed by atoms with E-state index in [1.54, 1.807) is 30.2 Å². The molecule has 2 rings (SSSR count). The molecule has 0 spiro atoms. The molecule has 0 aliphatic carbocycles. The number of hydrogen-bond donors (Lipinski definition) is 1. The van der Waals surface area contributed by atoms with Crippen molar-refractivity contribution in [1.82, 2.24) is 0 Å². The molecule has 4 heteroatoms. The molecule has 2 aromatic carbocycles. The molecular formula is C17H20N2O2. The highest BCUT2D eigenvalue weighted by Crippen LogP contribution is 2.24. The number of aryl methyl sites for hydroxylation is 1. The normalized spacial score (nSPS) is 10.2. The Hall–Kier alpha value is -2.49. The number of ether oxygens (including phenoxy) is 1. The van der Waals surface area contributed by atoms with Crippen LogP contribution in [0.15, 0.2) is 42.5 Å². The van der Waals surface area contributed by atoms with E-state index in [2.05, 4.69) is 0 Å². The molecule has 0 radical (unpaired) electrons. The molecule has 0 bridgehead atoms. The Morgan fingerprint density at radius 3 is 2.57 bits per heavy atom. The molecule has 0 aromatic heterocycles. The maximum Gasteiger partial charge on any atom is 0.260 e. The average molecular weight is 284 g/mol. The second-order valence-corrected chi connectivity index (χ2v) is 4.84. The van der Waals surface area contributed by atoms with Crippen molar-refractivity contribution in [3.63, 3.8) is 0 Å². The van der Waals surface area contributed by atoms with Gasteiger partial charge >= 0.3 is 0 Å². The summed E-state index contributed by atoms with van der Waals surface area (Å²) in [6.45, 7) is 4.53. The average Bonchev–Trinajstić information content (AvgIpc) is 2.47. The number of nitrogens with zero attached hydrogens (tertiary/aromatic N) is 1. The molecule has 4 nitrogen and oxygen atoms in total. The molecule has 110 valence electrons. The summed E-state index contributed by atoms with van der Waals surface area (Å²) < 4.78 is 5.11. The smallest absolute Gasteiger partial charge is 0.260 e. The first-order chi connectivity index (χ1) is 10.1. The summed E-state index contributed by atoms with van der Waals surface area (Å²) in [7, 11) is 1.57. The van der Waals surface area contributed by atoms with Gasteiger partial charge in [0.15, 0.2) is 0 Å². The summed E-state index contributed by atoms with van der Waals surface area (Å²) in [5.41, 5.74) is 8.86. The SMILES string of the molecule is CCN(C(=O)c1ccc(OC)cc1N)c1cccc(C)c1. The van der Waals surface area contributed by atoms with Gasteiger partial charge in [0.25, 0.3) is 5.91 Å². The van der Waals surface area contributed by atoms with Crippen LogP contribution in [0.1, 0.15) is 22.8 Å². The van der Waals surface area contributed by atoms with Crippen LogP contribution < -0.4 is 15.4 Å². The topological polar surface area (TPSA) is 55.6 Å². The van der Waals surface area contributed by atoms with E-state index in [9.17, 15) is 4.79 Å². The number of hydrogen-bond acceptors (Lipinski definition) is 3. The molecule has 0 aliphatic heterocycles. The number of nitrogen functional groups attached to an aromatic ring is 1. The van der Waals surface area contributed by atoms with Crippen LogP contribution in [0.5, 0.6) is 5.75 Å². The quantitative estimate of drug-likeness (QED) is 0.877. The number of carbonyl (C=O) groups excluding carboxylic acids is 1. The van der Waals surface area contributed by atoms with E-state index in [1.807, 2.05) is 38.1 Å². The highest BCUT2D eigenvalue weighted by molar-refractivity contribution is 6.09. The Morgan fingerprint density at radius 1 is 1.24 bits per heavy atom. The first-order valence-corrected chi connectivity index (χ1v) is 6.89. The zero-order valence-electron chi connectivity index (χ0n) is 12.6. The second-order valence-electron chi connectivity index (χ2n) is 4.84.